The van der Waals surface area contributed by atoms with Crippen LogP contribution in [0.25, 0.3) is 50.0 Å². The van der Waals surface area contributed by atoms with E-state index < -0.39 is 0 Å². The third-order valence-electron chi connectivity index (χ3n) is 9.28. The number of anilines is 3. The highest BCUT2D eigenvalue weighted by molar-refractivity contribution is 6.19. The van der Waals surface area contributed by atoms with Gasteiger partial charge in [0, 0.05) is 34.7 Å². The van der Waals surface area contributed by atoms with Crippen LogP contribution in [-0.4, -0.2) is 4.98 Å². The van der Waals surface area contributed by atoms with Crippen LogP contribution in [0, 0.1) is 0 Å². The lowest BCUT2D eigenvalue weighted by atomic mass is 9.85. The number of allylic oxidation sites excluding steroid dienone is 1. The normalized spacial score (nSPS) is 14.1. The minimum absolute atomic E-state index is 0.377. The quantitative estimate of drug-likeness (QED) is 0.200. The van der Waals surface area contributed by atoms with E-state index >= 15 is 0 Å². The number of hydrogen-bond donors (Lipinski definition) is 0. The fourth-order valence-corrected chi connectivity index (χ4v) is 6.97. The summed E-state index contributed by atoms with van der Waals surface area (Å²) >= 11 is 0. The number of fused-ring (bicyclic) bond motifs is 6. The van der Waals surface area contributed by atoms with Crippen molar-refractivity contribution >= 4 is 56.0 Å². The molecule has 0 spiro atoms. The third kappa shape index (κ3) is 4.48. The van der Waals surface area contributed by atoms with Gasteiger partial charge in [-0.15, -0.1) is 0 Å². The van der Waals surface area contributed by atoms with Crippen LogP contribution < -0.4 is 4.90 Å². The van der Waals surface area contributed by atoms with Crippen molar-refractivity contribution in [2.45, 2.75) is 12.3 Å². The van der Waals surface area contributed by atoms with E-state index in [9.17, 15) is 0 Å². The lowest BCUT2D eigenvalue weighted by Gasteiger charge is -2.26. The number of furan rings is 1. The molecule has 1 atom stereocenters. The average molecular weight is 591 g/mol. The third-order valence-corrected chi connectivity index (χ3v) is 9.28. The summed E-state index contributed by atoms with van der Waals surface area (Å²) in [7, 11) is 0. The van der Waals surface area contributed by atoms with Crippen LogP contribution >= 0.6 is 0 Å². The summed E-state index contributed by atoms with van der Waals surface area (Å²) in [4.78, 5) is 7.09. The first-order valence-corrected chi connectivity index (χ1v) is 15.8. The van der Waals surface area contributed by atoms with Gasteiger partial charge in [-0.05, 0) is 88.0 Å². The number of para-hydroxylation sites is 1. The molecule has 9 rings (SSSR count). The summed E-state index contributed by atoms with van der Waals surface area (Å²) in [6, 6.07) is 51.7. The molecule has 1 aliphatic carbocycles. The number of aromatic nitrogens is 1. The summed E-state index contributed by atoms with van der Waals surface area (Å²) in [6.45, 7) is 0. The Hall–Kier alpha value is -5.93. The van der Waals surface area contributed by atoms with Crippen molar-refractivity contribution in [2.75, 3.05) is 4.90 Å². The highest BCUT2D eigenvalue weighted by Crippen LogP contribution is 2.40. The predicted molar refractivity (Wildman–Crippen MR) is 191 cm³/mol. The van der Waals surface area contributed by atoms with Crippen molar-refractivity contribution in [1.29, 1.82) is 0 Å². The highest BCUT2D eigenvalue weighted by atomic mass is 16.3. The maximum atomic E-state index is 6.47. The van der Waals surface area contributed by atoms with Crippen molar-refractivity contribution in [3.05, 3.63) is 175 Å². The van der Waals surface area contributed by atoms with Crippen molar-refractivity contribution in [3.8, 4) is 11.1 Å². The second-order valence-corrected chi connectivity index (χ2v) is 12.0. The average Bonchev–Trinajstić information content (AvgIpc) is 3.52. The molecule has 0 saturated heterocycles. The molecule has 6 aromatic carbocycles. The van der Waals surface area contributed by atoms with Gasteiger partial charge >= 0.3 is 0 Å². The molecule has 0 radical (unpaired) electrons. The van der Waals surface area contributed by atoms with Gasteiger partial charge in [-0.25, -0.2) is 0 Å². The fourth-order valence-electron chi connectivity index (χ4n) is 6.97. The largest absolute Gasteiger partial charge is 0.454 e. The molecule has 0 bridgehead atoms. The molecule has 218 valence electrons. The van der Waals surface area contributed by atoms with E-state index in [1.165, 1.54) is 22.1 Å². The Balaban J connectivity index is 1.08. The second-order valence-electron chi connectivity index (χ2n) is 12.0. The summed E-state index contributed by atoms with van der Waals surface area (Å²) in [5.74, 6) is 0.377. The van der Waals surface area contributed by atoms with E-state index in [2.05, 4.69) is 157 Å². The smallest absolute Gasteiger partial charge is 0.161 e. The molecule has 46 heavy (non-hydrogen) atoms. The monoisotopic (exact) mass is 590 g/mol. The maximum Gasteiger partial charge on any atom is 0.161 e. The van der Waals surface area contributed by atoms with Gasteiger partial charge in [0.15, 0.2) is 5.58 Å². The minimum atomic E-state index is 0.377. The zero-order chi connectivity index (χ0) is 30.5. The Kier molecular flexibility index (Phi) is 6.27. The van der Waals surface area contributed by atoms with E-state index in [1.54, 1.807) is 0 Å². The van der Waals surface area contributed by atoms with Gasteiger partial charge < -0.3 is 9.32 Å². The van der Waals surface area contributed by atoms with Crippen LogP contribution in [0.15, 0.2) is 162 Å². The molecule has 2 aromatic heterocycles. The molecule has 0 fully saturated rings. The Morgan fingerprint density at radius 2 is 1.35 bits per heavy atom. The minimum Gasteiger partial charge on any atom is -0.454 e. The van der Waals surface area contributed by atoms with Crippen LogP contribution in [0.3, 0.4) is 0 Å². The molecule has 1 unspecified atom stereocenters. The maximum absolute atomic E-state index is 6.47. The molecule has 0 aliphatic heterocycles. The first kappa shape index (κ1) is 26.5. The van der Waals surface area contributed by atoms with Gasteiger partial charge in [0.05, 0.1) is 5.39 Å². The van der Waals surface area contributed by atoms with Crippen LogP contribution in [0.2, 0.25) is 0 Å². The van der Waals surface area contributed by atoms with Crippen molar-refractivity contribution < 1.29 is 4.42 Å². The van der Waals surface area contributed by atoms with Gasteiger partial charge in [-0.3, -0.25) is 4.98 Å². The number of hydrogen-bond acceptors (Lipinski definition) is 3. The van der Waals surface area contributed by atoms with Crippen LogP contribution in [-0.2, 0) is 6.42 Å². The van der Waals surface area contributed by atoms with Gasteiger partial charge in [0.1, 0.15) is 11.1 Å². The Labute approximate surface area is 267 Å². The van der Waals surface area contributed by atoms with E-state index in [0.717, 1.165) is 62.1 Å². The van der Waals surface area contributed by atoms with E-state index in [4.69, 9.17) is 9.40 Å². The van der Waals surface area contributed by atoms with Crippen molar-refractivity contribution in [1.82, 2.24) is 4.98 Å². The molecule has 8 aromatic rings. The first-order valence-electron chi connectivity index (χ1n) is 15.8. The fraction of sp³-hybridized carbons (Fsp3) is 0.0465. The predicted octanol–water partition coefficient (Wildman–Crippen LogP) is 11.6. The molecule has 0 amide bonds. The number of nitrogens with zero attached hydrogens (tertiary/aromatic N) is 2. The van der Waals surface area contributed by atoms with Crippen LogP contribution in [0.1, 0.15) is 22.6 Å². The molecule has 0 saturated carbocycles. The standard InChI is InChI=1S/C43H30N2O/c1-2-11-35(12-3-1)45(36-21-16-30(17-22-36)34-15-14-29-8-4-5-10-33(29)28-34)37-23-18-32(19-24-37)39-26-27-44-42-41-38-13-7-6-9-31(38)20-25-40(41)46-43(39)42/h1-27,34H,28H2. The van der Waals surface area contributed by atoms with E-state index in [0.29, 0.717) is 5.92 Å². The zero-order valence-electron chi connectivity index (χ0n) is 25.2. The molecular weight excluding hydrogens is 560 g/mol. The number of benzene rings is 6. The molecule has 1 aliphatic rings. The summed E-state index contributed by atoms with van der Waals surface area (Å²) in [5, 5.41) is 3.41. The van der Waals surface area contributed by atoms with Gasteiger partial charge in [0.2, 0.25) is 0 Å². The molecule has 3 nitrogen and oxygen atoms in total. The summed E-state index contributed by atoms with van der Waals surface area (Å²) < 4.78 is 6.47. The van der Waals surface area contributed by atoms with E-state index in [1.807, 2.05) is 12.3 Å². The summed E-state index contributed by atoms with van der Waals surface area (Å²) in [6.07, 6.45) is 7.52. The second kappa shape index (κ2) is 10.9. The number of pyridine rings is 1. The Morgan fingerprint density at radius 3 is 2.20 bits per heavy atom. The highest BCUT2D eigenvalue weighted by Gasteiger charge is 2.19. The SMILES string of the molecule is C1=CC(c2ccc(N(c3ccccc3)c3ccc(-c4ccnc5c4oc4ccc6ccccc6c45)cc3)cc2)Cc2ccccc21. The molecule has 3 heteroatoms. The Morgan fingerprint density at radius 1 is 0.630 bits per heavy atom. The molecular formula is C43H30N2O. The lowest BCUT2D eigenvalue weighted by Crippen LogP contribution is -2.10. The van der Waals surface area contributed by atoms with Gasteiger partial charge in [-0.2, -0.15) is 0 Å². The van der Waals surface area contributed by atoms with Crippen molar-refractivity contribution in [2.24, 2.45) is 0 Å². The van der Waals surface area contributed by atoms with Crippen molar-refractivity contribution in [3.63, 3.8) is 0 Å². The number of rotatable bonds is 5. The lowest BCUT2D eigenvalue weighted by molar-refractivity contribution is 0.669. The zero-order valence-corrected chi connectivity index (χ0v) is 25.2. The van der Waals surface area contributed by atoms with Crippen LogP contribution in [0.5, 0.6) is 0 Å². The van der Waals surface area contributed by atoms with Gasteiger partial charge in [0.25, 0.3) is 0 Å². The molecule has 0 N–H and O–H groups in total. The summed E-state index contributed by atoms with van der Waals surface area (Å²) in [5.41, 5.74) is 12.1. The van der Waals surface area contributed by atoms with Crippen LogP contribution in [0.4, 0.5) is 17.1 Å². The topological polar surface area (TPSA) is 29.3 Å². The Bertz CT molecular complexity index is 2390. The molecule has 2 heterocycles. The first-order chi connectivity index (χ1) is 22.8. The van der Waals surface area contributed by atoms with E-state index in [-0.39, 0.29) is 0 Å². The van der Waals surface area contributed by atoms with Gasteiger partial charge in [-0.1, -0.05) is 109 Å².